The molecule has 0 saturated heterocycles. The van der Waals surface area contributed by atoms with Crippen LogP contribution >= 0.6 is 0 Å². The molecule has 4 nitrogen and oxygen atoms in total. The summed E-state index contributed by atoms with van der Waals surface area (Å²) in [4.78, 5) is 2.40. The number of nitrogens with zero attached hydrogens (tertiary/aromatic N) is 3. The first-order valence-electron chi connectivity index (χ1n) is 6.61. The Morgan fingerprint density at radius 1 is 1.39 bits per heavy atom. The van der Waals surface area contributed by atoms with Crippen molar-refractivity contribution < 1.29 is 0 Å². The van der Waals surface area contributed by atoms with Gasteiger partial charge in [-0.25, -0.2) is 0 Å². The number of allylic oxidation sites excluding steroid dienone is 1. The molecule has 0 fully saturated rings. The Hall–Kier alpha value is -1.55. The van der Waals surface area contributed by atoms with Crippen molar-refractivity contribution in [1.82, 2.24) is 20.0 Å². The van der Waals surface area contributed by atoms with Gasteiger partial charge in [0.2, 0.25) is 0 Å². The highest BCUT2D eigenvalue weighted by Gasteiger charge is 2.26. The maximum Gasteiger partial charge on any atom is 0.109 e. The van der Waals surface area contributed by atoms with Crippen LogP contribution in [0.4, 0.5) is 0 Å². The molecule has 3 rings (SSSR count). The quantitative estimate of drug-likeness (QED) is 0.859. The molecule has 1 aromatic heterocycles. The van der Waals surface area contributed by atoms with Crippen molar-refractivity contribution in [3.63, 3.8) is 0 Å². The fraction of sp³-hybridized carbons (Fsp3) is 0.500. The van der Waals surface area contributed by atoms with Crippen LogP contribution in [0, 0.1) is 6.92 Å². The minimum Gasteiger partial charge on any atom is -0.343 e. The van der Waals surface area contributed by atoms with Gasteiger partial charge < -0.3 is 10.2 Å². The molecule has 0 spiro atoms. The Balaban J connectivity index is 1.97. The maximum absolute atomic E-state index is 4.61. The average Bonchev–Trinajstić information content (AvgIpc) is 2.95. The molecular weight excluding hydrogens is 224 g/mol. The molecular formula is C14H20N4. The standard InChI is InChI=1S/C14H20N4/c1-4-18-13(12-7-10(2)17(3)16-12)6-5-11-8-15-9-14(11)18/h6-7,15H,4-5,8-9H2,1-3H3. The number of rotatable bonds is 2. The van der Waals surface area contributed by atoms with Crippen LogP contribution in [0.25, 0.3) is 5.70 Å². The molecule has 1 aromatic rings. The van der Waals surface area contributed by atoms with E-state index in [0.29, 0.717) is 0 Å². The molecule has 0 amide bonds. The van der Waals surface area contributed by atoms with Crippen molar-refractivity contribution in [3.05, 3.63) is 34.8 Å². The number of hydrogen-bond acceptors (Lipinski definition) is 3. The first kappa shape index (κ1) is 11.5. The Morgan fingerprint density at radius 2 is 2.22 bits per heavy atom. The van der Waals surface area contributed by atoms with Gasteiger partial charge in [0, 0.05) is 38.1 Å². The van der Waals surface area contributed by atoms with Gasteiger partial charge in [-0.1, -0.05) is 6.08 Å². The molecule has 3 heterocycles. The smallest absolute Gasteiger partial charge is 0.109 e. The third kappa shape index (κ3) is 1.68. The van der Waals surface area contributed by atoms with E-state index < -0.39 is 0 Å². The van der Waals surface area contributed by atoms with Crippen LogP contribution in [0.2, 0.25) is 0 Å². The summed E-state index contributed by atoms with van der Waals surface area (Å²) in [6.45, 7) is 7.33. The van der Waals surface area contributed by atoms with Gasteiger partial charge in [0.15, 0.2) is 0 Å². The lowest BCUT2D eigenvalue weighted by atomic mass is 10.0. The number of likely N-dealkylation sites (N-methyl/N-ethyl adjacent to an activating group) is 1. The minimum atomic E-state index is 0.992. The fourth-order valence-corrected chi connectivity index (χ4v) is 2.80. The first-order valence-corrected chi connectivity index (χ1v) is 6.61. The summed E-state index contributed by atoms with van der Waals surface area (Å²) < 4.78 is 1.95. The summed E-state index contributed by atoms with van der Waals surface area (Å²) in [6, 6.07) is 2.17. The summed E-state index contributed by atoms with van der Waals surface area (Å²) in [5.74, 6) is 0. The van der Waals surface area contributed by atoms with Gasteiger partial charge in [0.05, 0.1) is 5.70 Å². The Morgan fingerprint density at radius 3 is 2.89 bits per heavy atom. The number of aromatic nitrogens is 2. The normalized spacial score (nSPS) is 19.3. The second-order valence-corrected chi connectivity index (χ2v) is 4.99. The monoisotopic (exact) mass is 244 g/mol. The molecule has 1 N–H and O–H groups in total. The number of aryl methyl sites for hydroxylation is 2. The molecule has 0 radical (unpaired) electrons. The molecule has 18 heavy (non-hydrogen) atoms. The van der Waals surface area contributed by atoms with E-state index in [1.165, 1.54) is 22.7 Å². The van der Waals surface area contributed by atoms with Crippen molar-refractivity contribution in [2.75, 3.05) is 19.6 Å². The van der Waals surface area contributed by atoms with Gasteiger partial charge in [-0.2, -0.15) is 5.10 Å². The minimum absolute atomic E-state index is 0.992. The molecule has 0 unspecified atom stereocenters. The van der Waals surface area contributed by atoms with E-state index in [4.69, 9.17) is 0 Å². The van der Waals surface area contributed by atoms with E-state index in [1.54, 1.807) is 0 Å². The van der Waals surface area contributed by atoms with Crippen LogP contribution in [-0.2, 0) is 7.05 Å². The van der Waals surface area contributed by atoms with E-state index >= 15 is 0 Å². The van der Waals surface area contributed by atoms with E-state index in [9.17, 15) is 0 Å². The molecule has 0 bridgehead atoms. The van der Waals surface area contributed by atoms with Crippen molar-refractivity contribution in [3.8, 4) is 0 Å². The highest BCUT2D eigenvalue weighted by molar-refractivity contribution is 5.66. The van der Waals surface area contributed by atoms with E-state index in [0.717, 1.165) is 31.7 Å². The van der Waals surface area contributed by atoms with Crippen LogP contribution in [0.5, 0.6) is 0 Å². The summed E-state index contributed by atoms with van der Waals surface area (Å²) in [7, 11) is 2.00. The summed E-state index contributed by atoms with van der Waals surface area (Å²) >= 11 is 0. The molecule has 4 heteroatoms. The van der Waals surface area contributed by atoms with Crippen LogP contribution in [0.15, 0.2) is 23.4 Å². The molecule has 2 aliphatic heterocycles. The Bertz CT molecular complexity index is 516. The molecule has 0 aromatic carbocycles. The highest BCUT2D eigenvalue weighted by atomic mass is 15.3. The molecule has 0 atom stereocenters. The predicted octanol–water partition coefficient (Wildman–Crippen LogP) is 1.65. The molecule has 0 saturated carbocycles. The van der Waals surface area contributed by atoms with Crippen molar-refractivity contribution in [2.24, 2.45) is 7.05 Å². The number of hydrogen-bond donors (Lipinski definition) is 1. The van der Waals surface area contributed by atoms with Crippen molar-refractivity contribution >= 4 is 5.70 Å². The van der Waals surface area contributed by atoms with Gasteiger partial charge >= 0.3 is 0 Å². The third-order valence-electron chi connectivity index (χ3n) is 3.89. The lowest BCUT2D eigenvalue weighted by Gasteiger charge is -2.30. The second kappa shape index (κ2) is 4.28. The zero-order chi connectivity index (χ0) is 12.7. The summed E-state index contributed by atoms with van der Waals surface area (Å²) in [5.41, 5.74) is 6.55. The van der Waals surface area contributed by atoms with E-state index in [1.807, 2.05) is 11.7 Å². The molecule has 2 aliphatic rings. The SMILES string of the molecule is CCN1C(c2cc(C)n(C)n2)=CCC2=C1CNC2. The predicted molar refractivity (Wildman–Crippen MR) is 72.8 cm³/mol. The van der Waals surface area contributed by atoms with Crippen molar-refractivity contribution in [2.45, 2.75) is 20.3 Å². The lowest BCUT2D eigenvalue weighted by molar-refractivity contribution is 0.492. The molecule has 0 aliphatic carbocycles. The Kier molecular flexibility index (Phi) is 2.74. The van der Waals surface area contributed by atoms with Gasteiger partial charge in [0.25, 0.3) is 0 Å². The van der Waals surface area contributed by atoms with Gasteiger partial charge in [-0.05, 0) is 31.9 Å². The second-order valence-electron chi connectivity index (χ2n) is 4.99. The van der Waals surface area contributed by atoms with E-state index in [-0.39, 0.29) is 0 Å². The van der Waals surface area contributed by atoms with Crippen LogP contribution in [0.3, 0.4) is 0 Å². The van der Waals surface area contributed by atoms with Gasteiger partial charge in [0.1, 0.15) is 5.69 Å². The fourth-order valence-electron chi connectivity index (χ4n) is 2.80. The summed E-state index contributed by atoms with van der Waals surface area (Å²) in [6.07, 6.45) is 3.38. The average molecular weight is 244 g/mol. The Labute approximate surface area is 108 Å². The zero-order valence-electron chi connectivity index (χ0n) is 11.3. The largest absolute Gasteiger partial charge is 0.343 e. The summed E-state index contributed by atoms with van der Waals surface area (Å²) in [5, 5.41) is 8.05. The van der Waals surface area contributed by atoms with Crippen LogP contribution in [-0.4, -0.2) is 34.3 Å². The maximum atomic E-state index is 4.61. The van der Waals surface area contributed by atoms with E-state index in [2.05, 4.69) is 41.3 Å². The zero-order valence-corrected chi connectivity index (χ0v) is 11.3. The topological polar surface area (TPSA) is 33.1 Å². The third-order valence-corrected chi connectivity index (χ3v) is 3.89. The lowest BCUT2D eigenvalue weighted by Crippen LogP contribution is -2.26. The van der Waals surface area contributed by atoms with Gasteiger partial charge in [-0.15, -0.1) is 0 Å². The highest BCUT2D eigenvalue weighted by Crippen LogP contribution is 2.32. The van der Waals surface area contributed by atoms with Crippen LogP contribution in [0.1, 0.15) is 24.7 Å². The van der Waals surface area contributed by atoms with Gasteiger partial charge in [-0.3, -0.25) is 4.68 Å². The molecule has 96 valence electrons. The first-order chi connectivity index (χ1) is 8.70. The van der Waals surface area contributed by atoms with Crippen molar-refractivity contribution in [1.29, 1.82) is 0 Å². The van der Waals surface area contributed by atoms with Crippen LogP contribution < -0.4 is 5.32 Å². The number of nitrogens with one attached hydrogen (secondary N) is 1.